The van der Waals surface area contributed by atoms with E-state index in [0.717, 1.165) is 51.4 Å². The summed E-state index contributed by atoms with van der Waals surface area (Å²) in [5, 5.41) is 8.68. The number of ether oxygens (including phenoxy) is 1. The Morgan fingerprint density at radius 3 is 2.45 bits per heavy atom. The first-order valence-electron chi connectivity index (χ1n) is 12.1. The Bertz CT molecular complexity index is 774. The Hall–Kier alpha value is -1.72. The molecule has 0 unspecified atom stereocenters. The average molecular weight is 433 g/mol. The van der Waals surface area contributed by atoms with Gasteiger partial charge in [0.25, 0.3) is 0 Å². The van der Waals surface area contributed by atoms with Gasteiger partial charge in [-0.2, -0.15) is 0 Å². The molecule has 1 N–H and O–H groups in total. The molecule has 0 radical (unpaired) electrons. The SMILES string of the molecule is C[C@]12CCC(=O)C[C@H]1CC[C@H]1[C@H]2CC[C@]2(C)[C@@H]1CC[C@H]2C(=O)COC(=O)CCC(=O)O. The zero-order valence-corrected chi connectivity index (χ0v) is 18.9. The van der Waals surface area contributed by atoms with Crippen molar-refractivity contribution in [1.82, 2.24) is 0 Å². The van der Waals surface area contributed by atoms with E-state index >= 15 is 0 Å². The largest absolute Gasteiger partial charge is 0.481 e. The minimum Gasteiger partial charge on any atom is -0.481 e. The second-order valence-corrected chi connectivity index (χ2v) is 11.1. The van der Waals surface area contributed by atoms with Gasteiger partial charge in [0.2, 0.25) is 0 Å². The predicted octanol–water partition coefficient (Wildman–Crippen LogP) is 4.19. The number of ketones is 2. The number of carboxylic acid groups (broad SMARTS) is 1. The van der Waals surface area contributed by atoms with Crippen molar-refractivity contribution >= 4 is 23.5 Å². The first-order chi connectivity index (χ1) is 14.6. The number of rotatable bonds is 6. The molecule has 0 bridgehead atoms. The highest BCUT2D eigenvalue weighted by molar-refractivity contribution is 5.86. The summed E-state index contributed by atoms with van der Waals surface area (Å²) in [4.78, 5) is 47.4. The van der Waals surface area contributed by atoms with Crippen molar-refractivity contribution in [3.8, 4) is 0 Å². The molecule has 4 aliphatic rings. The number of Topliss-reactive ketones (excluding diaryl/α,β-unsaturated/α-hetero) is 2. The molecule has 4 aliphatic carbocycles. The summed E-state index contributed by atoms with van der Waals surface area (Å²) < 4.78 is 5.11. The van der Waals surface area contributed by atoms with Gasteiger partial charge >= 0.3 is 11.9 Å². The van der Waals surface area contributed by atoms with Gasteiger partial charge in [-0.1, -0.05) is 13.8 Å². The minimum atomic E-state index is -1.04. The maximum Gasteiger partial charge on any atom is 0.306 e. The van der Waals surface area contributed by atoms with Crippen LogP contribution in [0.1, 0.15) is 84.5 Å². The topological polar surface area (TPSA) is 97.7 Å². The van der Waals surface area contributed by atoms with E-state index in [2.05, 4.69) is 13.8 Å². The van der Waals surface area contributed by atoms with E-state index < -0.39 is 11.9 Å². The van der Waals surface area contributed by atoms with Gasteiger partial charge in [0.05, 0.1) is 12.8 Å². The van der Waals surface area contributed by atoms with E-state index in [1.165, 1.54) is 6.42 Å². The fraction of sp³-hybridized carbons (Fsp3) is 0.840. The highest BCUT2D eigenvalue weighted by Gasteiger charge is 2.61. The van der Waals surface area contributed by atoms with Crippen LogP contribution in [0.2, 0.25) is 0 Å². The zero-order valence-electron chi connectivity index (χ0n) is 18.9. The van der Waals surface area contributed by atoms with Gasteiger partial charge in [0.15, 0.2) is 5.78 Å². The van der Waals surface area contributed by atoms with E-state index in [1.807, 2.05) is 0 Å². The monoisotopic (exact) mass is 432 g/mol. The molecule has 0 heterocycles. The fourth-order valence-electron chi connectivity index (χ4n) is 8.11. The number of esters is 1. The molecule has 7 atom stereocenters. The Morgan fingerprint density at radius 1 is 0.968 bits per heavy atom. The van der Waals surface area contributed by atoms with Crippen molar-refractivity contribution in [1.29, 1.82) is 0 Å². The lowest BCUT2D eigenvalue weighted by molar-refractivity contribution is -0.154. The molecule has 0 aromatic rings. The van der Waals surface area contributed by atoms with Crippen LogP contribution in [-0.4, -0.2) is 35.2 Å². The van der Waals surface area contributed by atoms with Crippen LogP contribution in [0.5, 0.6) is 0 Å². The third-order valence-corrected chi connectivity index (χ3v) is 9.79. The normalized spacial score (nSPS) is 41.6. The fourth-order valence-corrected chi connectivity index (χ4v) is 8.11. The van der Waals surface area contributed by atoms with Crippen molar-refractivity contribution in [2.75, 3.05) is 6.61 Å². The highest BCUT2D eigenvalue weighted by Crippen LogP contribution is 2.67. The number of aliphatic carboxylic acids is 1. The van der Waals surface area contributed by atoms with Crippen LogP contribution in [0.4, 0.5) is 0 Å². The molecule has 172 valence electrons. The molecular weight excluding hydrogens is 396 g/mol. The van der Waals surface area contributed by atoms with Gasteiger partial charge in [-0.3, -0.25) is 19.2 Å². The summed E-state index contributed by atoms with van der Waals surface area (Å²) >= 11 is 0. The summed E-state index contributed by atoms with van der Waals surface area (Å²) in [5.41, 5.74) is 0.222. The molecule has 0 spiro atoms. The number of hydrogen-bond donors (Lipinski definition) is 1. The summed E-state index contributed by atoms with van der Waals surface area (Å²) in [7, 11) is 0. The number of carbonyl (C=O) groups is 4. The van der Waals surface area contributed by atoms with Crippen LogP contribution in [0.3, 0.4) is 0 Å². The predicted molar refractivity (Wildman–Crippen MR) is 113 cm³/mol. The Labute approximate surface area is 184 Å². The first-order valence-corrected chi connectivity index (χ1v) is 12.1. The third kappa shape index (κ3) is 3.95. The quantitative estimate of drug-likeness (QED) is 0.632. The lowest BCUT2D eigenvalue weighted by Crippen LogP contribution is -2.54. The molecule has 0 amide bonds. The first kappa shape index (κ1) is 22.5. The molecule has 4 saturated carbocycles. The summed E-state index contributed by atoms with van der Waals surface area (Å²) in [6.07, 6.45) is 8.41. The Morgan fingerprint density at radius 2 is 1.71 bits per heavy atom. The molecule has 4 fully saturated rings. The van der Waals surface area contributed by atoms with Crippen LogP contribution < -0.4 is 0 Å². The van der Waals surface area contributed by atoms with E-state index in [1.54, 1.807) is 0 Å². The third-order valence-electron chi connectivity index (χ3n) is 9.79. The summed E-state index contributed by atoms with van der Waals surface area (Å²) in [5.74, 6) is 1.03. The molecule has 4 rings (SSSR count). The number of hydrogen-bond acceptors (Lipinski definition) is 5. The zero-order chi connectivity index (χ0) is 22.4. The average Bonchev–Trinajstić information content (AvgIpc) is 3.08. The van der Waals surface area contributed by atoms with Gasteiger partial charge in [-0.15, -0.1) is 0 Å². The molecule has 0 saturated heterocycles. The van der Waals surface area contributed by atoms with Crippen LogP contribution in [-0.2, 0) is 23.9 Å². The standard InChI is InChI=1S/C25H36O6/c1-24-11-9-16(26)13-15(24)3-4-17-18-5-6-20(25(18,2)12-10-19(17)24)21(27)14-31-23(30)8-7-22(28)29/h15,17-20H,3-14H2,1-2H3,(H,28,29)/t15-,17-,18-,19-,20+,24+,25-/m1/s1. The second kappa shape index (κ2) is 8.32. The van der Waals surface area contributed by atoms with Gasteiger partial charge < -0.3 is 9.84 Å². The van der Waals surface area contributed by atoms with Crippen molar-refractivity contribution in [3.05, 3.63) is 0 Å². The van der Waals surface area contributed by atoms with E-state index in [0.29, 0.717) is 29.5 Å². The van der Waals surface area contributed by atoms with Gasteiger partial charge in [-0.25, -0.2) is 0 Å². The Kier molecular flexibility index (Phi) is 6.04. The van der Waals surface area contributed by atoms with E-state index in [4.69, 9.17) is 9.84 Å². The van der Waals surface area contributed by atoms with E-state index in [9.17, 15) is 19.2 Å². The van der Waals surface area contributed by atoms with Crippen molar-refractivity contribution in [3.63, 3.8) is 0 Å². The smallest absolute Gasteiger partial charge is 0.306 e. The van der Waals surface area contributed by atoms with Crippen LogP contribution >= 0.6 is 0 Å². The summed E-state index contributed by atoms with van der Waals surface area (Å²) in [6, 6.07) is 0. The summed E-state index contributed by atoms with van der Waals surface area (Å²) in [6.45, 7) is 4.47. The highest BCUT2D eigenvalue weighted by atomic mass is 16.5. The van der Waals surface area contributed by atoms with Crippen molar-refractivity contribution in [2.24, 2.45) is 40.4 Å². The minimum absolute atomic E-state index is 0.00437. The molecule has 0 aromatic heterocycles. The maximum atomic E-state index is 13.0. The molecule has 6 heteroatoms. The number of carbonyl (C=O) groups excluding carboxylic acids is 3. The maximum absolute atomic E-state index is 13.0. The molecule has 0 aliphatic heterocycles. The Balaban J connectivity index is 1.41. The lowest BCUT2D eigenvalue weighted by Gasteiger charge is -2.60. The molecule has 31 heavy (non-hydrogen) atoms. The number of fused-ring (bicyclic) bond motifs is 5. The van der Waals surface area contributed by atoms with Gasteiger partial charge in [-0.05, 0) is 79.4 Å². The van der Waals surface area contributed by atoms with Crippen LogP contribution in [0.25, 0.3) is 0 Å². The lowest BCUT2D eigenvalue weighted by atomic mass is 9.44. The number of carboxylic acids is 1. The van der Waals surface area contributed by atoms with E-state index in [-0.39, 0.29) is 42.0 Å². The van der Waals surface area contributed by atoms with Crippen LogP contribution in [0, 0.1) is 40.4 Å². The van der Waals surface area contributed by atoms with Crippen molar-refractivity contribution < 1.29 is 29.0 Å². The van der Waals surface area contributed by atoms with Crippen molar-refractivity contribution in [2.45, 2.75) is 84.5 Å². The van der Waals surface area contributed by atoms with Gasteiger partial charge in [0, 0.05) is 18.8 Å². The molecule has 0 aromatic carbocycles. The second-order valence-electron chi connectivity index (χ2n) is 11.1. The van der Waals surface area contributed by atoms with Gasteiger partial charge in [0.1, 0.15) is 12.4 Å². The van der Waals surface area contributed by atoms with Crippen LogP contribution in [0.15, 0.2) is 0 Å². The molecule has 6 nitrogen and oxygen atoms in total. The molecular formula is C25H36O6.